The number of hydrogen-bond donors (Lipinski definition) is 1. The van der Waals surface area contributed by atoms with Gasteiger partial charge < -0.3 is 10.2 Å². The van der Waals surface area contributed by atoms with Crippen LogP contribution in [0.2, 0.25) is 5.02 Å². The van der Waals surface area contributed by atoms with Gasteiger partial charge in [0.25, 0.3) is 0 Å². The van der Waals surface area contributed by atoms with E-state index in [1.807, 2.05) is 0 Å². The third-order valence-corrected chi connectivity index (χ3v) is 3.91. The van der Waals surface area contributed by atoms with Gasteiger partial charge >= 0.3 is 6.18 Å². The number of alkyl halides is 3. The second kappa shape index (κ2) is 6.33. The Labute approximate surface area is 121 Å². The Kier molecular flexibility index (Phi) is 4.94. The average molecular weight is 307 g/mol. The molecule has 0 radical (unpaired) electrons. The number of hydrogen-bond acceptors (Lipinski definition) is 2. The van der Waals surface area contributed by atoms with Crippen molar-refractivity contribution in [1.29, 1.82) is 0 Å². The lowest BCUT2D eigenvalue weighted by Gasteiger charge is -2.30. The van der Waals surface area contributed by atoms with Crippen molar-refractivity contribution in [3.63, 3.8) is 0 Å². The molecular weight excluding hydrogens is 289 g/mol. The van der Waals surface area contributed by atoms with Crippen molar-refractivity contribution in [2.45, 2.75) is 31.6 Å². The number of nitrogens with one attached hydrogen (secondary N) is 1. The van der Waals surface area contributed by atoms with Gasteiger partial charge in [-0.15, -0.1) is 0 Å². The number of likely N-dealkylation sites (tertiary alicyclic amines) is 1. The lowest BCUT2D eigenvalue weighted by molar-refractivity contribution is -0.138. The maximum Gasteiger partial charge on any atom is 0.416 e. The monoisotopic (exact) mass is 306 g/mol. The molecule has 1 N–H and O–H groups in total. The standard InChI is InChI=1S/C14H18ClF3N2/c1-20-6-4-12(5-7-20)19-9-10-2-3-11(15)8-13(10)14(16,17)18/h2-3,8,12,19H,4-7,9H2,1H3. The maximum absolute atomic E-state index is 13.0. The molecule has 1 fully saturated rings. The van der Waals surface area contributed by atoms with Crippen LogP contribution in [-0.4, -0.2) is 31.1 Å². The Morgan fingerprint density at radius 2 is 1.95 bits per heavy atom. The van der Waals surface area contributed by atoms with Crippen LogP contribution in [0.3, 0.4) is 0 Å². The molecule has 1 heterocycles. The topological polar surface area (TPSA) is 15.3 Å². The second-order valence-corrected chi connectivity index (χ2v) is 5.69. The van der Waals surface area contributed by atoms with Crippen molar-refractivity contribution in [2.24, 2.45) is 0 Å². The largest absolute Gasteiger partial charge is 0.416 e. The Bertz CT molecular complexity index is 454. The Morgan fingerprint density at radius 1 is 1.30 bits per heavy atom. The van der Waals surface area contributed by atoms with E-state index in [1.165, 1.54) is 12.1 Å². The Hall–Kier alpha value is -0.780. The van der Waals surface area contributed by atoms with Gasteiger partial charge in [0.05, 0.1) is 5.56 Å². The molecule has 0 aliphatic carbocycles. The van der Waals surface area contributed by atoms with Crippen molar-refractivity contribution in [3.8, 4) is 0 Å². The fourth-order valence-electron chi connectivity index (χ4n) is 2.43. The quantitative estimate of drug-likeness (QED) is 0.919. The predicted molar refractivity (Wildman–Crippen MR) is 73.8 cm³/mol. The second-order valence-electron chi connectivity index (χ2n) is 5.26. The number of halogens is 4. The summed E-state index contributed by atoms with van der Waals surface area (Å²) in [5.74, 6) is 0. The molecule has 112 valence electrons. The summed E-state index contributed by atoms with van der Waals surface area (Å²) >= 11 is 5.66. The molecule has 1 saturated heterocycles. The maximum atomic E-state index is 13.0. The highest BCUT2D eigenvalue weighted by atomic mass is 35.5. The first-order valence-electron chi connectivity index (χ1n) is 6.64. The summed E-state index contributed by atoms with van der Waals surface area (Å²) in [5, 5.41) is 3.33. The average Bonchev–Trinajstić information content (AvgIpc) is 2.38. The van der Waals surface area contributed by atoms with E-state index < -0.39 is 11.7 Å². The van der Waals surface area contributed by atoms with Gasteiger partial charge in [0.15, 0.2) is 0 Å². The number of benzene rings is 1. The third kappa shape index (κ3) is 4.11. The van der Waals surface area contributed by atoms with Gasteiger partial charge in [-0.25, -0.2) is 0 Å². The molecule has 6 heteroatoms. The summed E-state index contributed by atoms with van der Waals surface area (Å²) in [5.41, 5.74) is -0.397. The Balaban J connectivity index is 2.02. The summed E-state index contributed by atoms with van der Waals surface area (Å²) in [7, 11) is 2.05. The summed E-state index contributed by atoms with van der Waals surface area (Å²) < 4.78 is 38.9. The van der Waals surface area contributed by atoms with Crippen molar-refractivity contribution in [3.05, 3.63) is 34.3 Å². The first-order chi connectivity index (χ1) is 9.36. The zero-order valence-corrected chi connectivity index (χ0v) is 12.1. The molecule has 20 heavy (non-hydrogen) atoms. The smallest absolute Gasteiger partial charge is 0.310 e. The third-order valence-electron chi connectivity index (χ3n) is 3.68. The fraction of sp³-hybridized carbons (Fsp3) is 0.571. The van der Waals surface area contributed by atoms with Crippen LogP contribution in [0.1, 0.15) is 24.0 Å². The number of nitrogens with zero attached hydrogens (tertiary/aromatic N) is 1. The van der Waals surface area contributed by atoms with Crippen molar-refractivity contribution in [1.82, 2.24) is 10.2 Å². The summed E-state index contributed by atoms with van der Waals surface area (Å²) in [6, 6.07) is 4.23. The van der Waals surface area contributed by atoms with Crippen LogP contribution in [0, 0.1) is 0 Å². The van der Waals surface area contributed by atoms with Crippen LogP contribution in [-0.2, 0) is 12.7 Å². The summed E-state index contributed by atoms with van der Waals surface area (Å²) in [4.78, 5) is 2.22. The molecule has 0 amide bonds. The zero-order valence-electron chi connectivity index (χ0n) is 11.3. The Morgan fingerprint density at radius 3 is 2.55 bits per heavy atom. The van der Waals surface area contributed by atoms with Gasteiger partial charge in [-0.2, -0.15) is 13.2 Å². The predicted octanol–water partition coefficient (Wildman–Crippen LogP) is 3.54. The molecule has 0 atom stereocenters. The minimum Gasteiger partial charge on any atom is -0.310 e. The molecular formula is C14H18ClF3N2. The highest BCUT2D eigenvalue weighted by Gasteiger charge is 2.33. The van der Waals surface area contributed by atoms with Gasteiger partial charge in [-0.3, -0.25) is 0 Å². The molecule has 1 aromatic carbocycles. The van der Waals surface area contributed by atoms with Crippen LogP contribution in [0.5, 0.6) is 0 Å². The van der Waals surface area contributed by atoms with Gasteiger partial charge in [-0.05, 0) is 50.7 Å². The SMILES string of the molecule is CN1CCC(NCc2ccc(Cl)cc2C(F)(F)F)CC1. The molecule has 2 nitrogen and oxygen atoms in total. The molecule has 0 bridgehead atoms. The van der Waals surface area contributed by atoms with E-state index in [2.05, 4.69) is 17.3 Å². The molecule has 1 aliphatic rings. The molecule has 0 saturated carbocycles. The highest BCUT2D eigenvalue weighted by Crippen LogP contribution is 2.33. The van der Waals surface area contributed by atoms with Crippen molar-refractivity contribution >= 4 is 11.6 Å². The number of rotatable bonds is 3. The number of piperidine rings is 1. The molecule has 0 spiro atoms. The van der Waals surface area contributed by atoms with E-state index in [1.54, 1.807) is 0 Å². The van der Waals surface area contributed by atoms with Crippen LogP contribution in [0.15, 0.2) is 18.2 Å². The minimum absolute atomic E-state index is 0.111. The van der Waals surface area contributed by atoms with Crippen molar-refractivity contribution < 1.29 is 13.2 Å². The molecule has 0 unspecified atom stereocenters. The van der Waals surface area contributed by atoms with E-state index >= 15 is 0 Å². The molecule has 1 aromatic rings. The zero-order chi connectivity index (χ0) is 14.8. The molecule has 2 rings (SSSR count). The van der Waals surface area contributed by atoms with Gasteiger partial charge in [-0.1, -0.05) is 17.7 Å². The van der Waals surface area contributed by atoms with E-state index in [9.17, 15) is 13.2 Å². The van der Waals surface area contributed by atoms with Crippen LogP contribution >= 0.6 is 11.6 Å². The van der Waals surface area contributed by atoms with Crippen LogP contribution in [0.25, 0.3) is 0 Å². The first-order valence-corrected chi connectivity index (χ1v) is 7.01. The van der Waals surface area contributed by atoms with Gasteiger partial charge in [0.1, 0.15) is 0 Å². The lowest BCUT2D eigenvalue weighted by atomic mass is 10.0. The lowest BCUT2D eigenvalue weighted by Crippen LogP contribution is -2.40. The van der Waals surface area contributed by atoms with E-state index in [0.717, 1.165) is 32.0 Å². The van der Waals surface area contributed by atoms with Gasteiger partial charge in [0, 0.05) is 17.6 Å². The summed E-state index contributed by atoms with van der Waals surface area (Å²) in [6.45, 7) is 2.18. The van der Waals surface area contributed by atoms with Crippen molar-refractivity contribution in [2.75, 3.05) is 20.1 Å². The normalized spacial score (nSPS) is 18.4. The summed E-state index contributed by atoms with van der Waals surface area (Å²) in [6.07, 6.45) is -2.44. The van der Waals surface area contributed by atoms with Crippen LogP contribution < -0.4 is 5.32 Å². The van der Waals surface area contributed by atoms with E-state index in [-0.39, 0.29) is 23.2 Å². The molecule has 1 aliphatic heterocycles. The highest BCUT2D eigenvalue weighted by molar-refractivity contribution is 6.30. The fourth-order valence-corrected chi connectivity index (χ4v) is 2.61. The van der Waals surface area contributed by atoms with E-state index in [0.29, 0.717) is 0 Å². The first kappa shape index (κ1) is 15.6. The molecule has 0 aromatic heterocycles. The minimum atomic E-state index is -4.37. The van der Waals surface area contributed by atoms with Crippen LogP contribution in [0.4, 0.5) is 13.2 Å². The van der Waals surface area contributed by atoms with Gasteiger partial charge in [0.2, 0.25) is 0 Å². The van der Waals surface area contributed by atoms with E-state index in [4.69, 9.17) is 11.6 Å².